The minimum absolute atomic E-state index is 0.00900. The van der Waals surface area contributed by atoms with E-state index in [0.717, 1.165) is 105 Å². The van der Waals surface area contributed by atoms with Crippen molar-refractivity contribution >= 4 is 16.8 Å². The lowest BCUT2D eigenvalue weighted by molar-refractivity contribution is -0.134. The Bertz CT molecular complexity index is 2270. The summed E-state index contributed by atoms with van der Waals surface area (Å²) in [6.45, 7) is 8.11. The van der Waals surface area contributed by atoms with Crippen molar-refractivity contribution in [2.24, 2.45) is 11.7 Å². The van der Waals surface area contributed by atoms with Crippen molar-refractivity contribution in [2.45, 2.75) is 71.3 Å². The number of amides is 1. The lowest BCUT2D eigenvalue weighted by atomic mass is 9.99. The second-order valence-electron chi connectivity index (χ2n) is 14.7. The van der Waals surface area contributed by atoms with E-state index in [2.05, 4.69) is 62.9 Å². The maximum atomic E-state index is 13.2. The van der Waals surface area contributed by atoms with Crippen LogP contribution in [-0.4, -0.2) is 66.4 Å². The molecule has 3 aliphatic rings. The van der Waals surface area contributed by atoms with Crippen LogP contribution in [0.2, 0.25) is 0 Å². The Balaban J connectivity index is 1.09. The number of carbonyl (C=O) groups is 1. The summed E-state index contributed by atoms with van der Waals surface area (Å²) in [6.07, 6.45) is 7.97. The number of hydrogen-bond donors (Lipinski definition) is 3. The van der Waals surface area contributed by atoms with E-state index in [1.165, 1.54) is 6.42 Å². The standard InChI is InChI=1S/C40H44N8O3/c1-22(2)36(41)40(49)47-16-6-8-32(47)39-43-19-28(45-39)24-11-13-30-27(17-24)35(33-14-9-23(3)51-33)37-26-12-10-25(18-34(26)50-21-48(30)37)29-20-42-38(44-29)31-7-5-15-46(31)4/h9-14,17-20,22,31-32,36H,5-8,15-16,21,41H2,1-4H3,(H,42,44)(H,43,45)/t31-,32-,36-/m0/s1. The summed E-state index contributed by atoms with van der Waals surface area (Å²) >= 11 is 0. The fraction of sp³-hybridized carbons (Fsp3) is 0.375. The number of imidazole rings is 2. The number of aromatic amines is 2. The average molecular weight is 685 g/mol. The van der Waals surface area contributed by atoms with Crippen molar-refractivity contribution in [2.75, 3.05) is 20.1 Å². The molecule has 0 saturated carbocycles. The zero-order chi connectivity index (χ0) is 35.0. The van der Waals surface area contributed by atoms with Crippen LogP contribution in [0.25, 0.3) is 56.0 Å². The van der Waals surface area contributed by atoms with E-state index < -0.39 is 6.04 Å². The Labute approximate surface area is 296 Å². The van der Waals surface area contributed by atoms with E-state index in [9.17, 15) is 4.79 Å². The predicted octanol–water partition coefficient (Wildman–Crippen LogP) is 7.42. The lowest BCUT2D eigenvalue weighted by Crippen LogP contribution is -2.46. The summed E-state index contributed by atoms with van der Waals surface area (Å²) in [6, 6.07) is 16.6. The van der Waals surface area contributed by atoms with E-state index in [-0.39, 0.29) is 17.9 Å². The van der Waals surface area contributed by atoms with Gasteiger partial charge < -0.3 is 34.3 Å². The quantitative estimate of drug-likeness (QED) is 0.159. The van der Waals surface area contributed by atoms with E-state index in [1.54, 1.807) is 0 Å². The minimum atomic E-state index is -0.519. The summed E-state index contributed by atoms with van der Waals surface area (Å²) in [5, 5.41) is 1.06. The summed E-state index contributed by atoms with van der Waals surface area (Å²) < 4.78 is 15.0. The van der Waals surface area contributed by atoms with Crippen molar-refractivity contribution in [3.8, 4) is 50.8 Å². The molecule has 0 aliphatic carbocycles. The molecule has 0 radical (unpaired) electrons. The molecule has 9 rings (SSSR count). The number of nitrogens with one attached hydrogen (secondary N) is 2. The second-order valence-corrected chi connectivity index (χ2v) is 14.7. The molecule has 3 atom stereocenters. The van der Waals surface area contributed by atoms with Crippen LogP contribution in [0, 0.1) is 12.8 Å². The van der Waals surface area contributed by atoms with Gasteiger partial charge in [-0.15, -0.1) is 0 Å². The highest BCUT2D eigenvalue weighted by atomic mass is 16.5. The Morgan fingerprint density at radius 2 is 1.82 bits per heavy atom. The third kappa shape index (κ3) is 5.29. The molecule has 11 nitrogen and oxygen atoms in total. The van der Waals surface area contributed by atoms with Crippen molar-refractivity contribution in [1.29, 1.82) is 0 Å². The Morgan fingerprint density at radius 3 is 2.61 bits per heavy atom. The molecule has 262 valence electrons. The van der Waals surface area contributed by atoms with Crippen LogP contribution in [0.1, 0.15) is 69.0 Å². The molecular formula is C40H44N8O3. The molecule has 7 heterocycles. The molecule has 2 saturated heterocycles. The largest absolute Gasteiger partial charge is 0.472 e. The number of ether oxygens (including phenoxy) is 1. The van der Waals surface area contributed by atoms with Gasteiger partial charge >= 0.3 is 0 Å². The van der Waals surface area contributed by atoms with Gasteiger partial charge in [0.1, 0.15) is 28.9 Å². The number of benzene rings is 2. The molecule has 2 aromatic carbocycles. The van der Waals surface area contributed by atoms with Crippen LogP contribution in [0.15, 0.2) is 65.3 Å². The molecule has 3 aliphatic heterocycles. The first kappa shape index (κ1) is 31.8. The molecule has 6 aromatic rings. The highest BCUT2D eigenvalue weighted by molar-refractivity contribution is 6.06. The van der Waals surface area contributed by atoms with E-state index in [4.69, 9.17) is 24.9 Å². The number of carbonyl (C=O) groups excluding carboxylic acids is 1. The third-order valence-corrected chi connectivity index (χ3v) is 11.1. The zero-order valence-electron chi connectivity index (χ0n) is 29.6. The summed E-state index contributed by atoms with van der Waals surface area (Å²) in [5.41, 5.74) is 14.3. The van der Waals surface area contributed by atoms with E-state index >= 15 is 0 Å². The zero-order valence-corrected chi connectivity index (χ0v) is 29.6. The van der Waals surface area contributed by atoms with Crippen LogP contribution < -0.4 is 10.5 Å². The summed E-state index contributed by atoms with van der Waals surface area (Å²) in [4.78, 5) is 34.3. The van der Waals surface area contributed by atoms with Gasteiger partial charge in [-0.2, -0.15) is 0 Å². The first-order valence-corrected chi connectivity index (χ1v) is 18.1. The number of likely N-dealkylation sites (tertiary alicyclic amines) is 2. The van der Waals surface area contributed by atoms with Gasteiger partial charge in [0.25, 0.3) is 0 Å². The first-order valence-electron chi connectivity index (χ1n) is 18.1. The van der Waals surface area contributed by atoms with Crippen molar-refractivity contribution in [1.82, 2.24) is 34.3 Å². The Hall–Kier alpha value is -5.13. The molecule has 0 bridgehead atoms. The predicted molar refractivity (Wildman–Crippen MR) is 197 cm³/mol. The second kappa shape index (κ2) is 12.3. The van der Waals surface area contributed by atoms with Crippen LogP contribution in [0.3, 0.4) is 0 Å². The van der Waals surface area contributed by atoms with Gasteiger partial charge in [0.2, 0.25) is 5.91 Å². The highest BCUT2D eigenvalue weighted by Gasteiger charge is 2.35. The number of nitrogens with zero attached hydrogens (tertiary/aromatic N) is 5. The molecule has 11 heteroatoms. The topological polar surface area (TPSA) is 134 Å². The maximum absolute atomic E-state index is 13.2. The van der Waals surface area contributed by atoms with Crippen LogP contribution in [-0.2, 0) is 11.5 Å². The fourth-order valence-corrected chi connectivity index (χ4v) is 8.24. The molecule has 0 unspecified atom stereocenters. The minimum Gasteiger partial charge on any atom is -0.472 e. The maximum Gasteiger partial charge on any atom is 0.240 e. The Morgan fingerprint density at radius 1 is 1.00 bits per heavy atom. The molecule has 2 fully saturated rings. The molecular weight excluding hydrogens is 640 g/mol. The number of aromatic nitrogens is 5. The van der Waals surface area contributed by atoms with E-state index in [0.29, 0.717) is 19.3 Å². The third-order valence-electron chi connectivity index (χ3n) is 11.1. The number of nitrogens with two attached hydrogens (primary N) is 1. The van der Waals surface area contributed by atoms with Crippen LogP contribution in [0.4, 0.5) is 0 Å². The number of aryl methyl sites for hydroxylation is 1. The average Bonchev–Trinajstić information content (AvgIpc) is 3.98. The number of furan rings is 1. The monoisotopic (exact) mass is 684 g/mol. The van der Waals surface area contributed by atoms with Gasteiger partial charge in [0, 0.05) is 34.8 Å². The van der Waals surface area contributed by atoms with Crippen LogP contribution >= 0.6 is 0 Å². The fourth-order valence-electron chi connectivity index (χ4n) is 8.24. The van der Waals surface area contributed by atoms with Gasteiger partial charge in [-0.3, -0.25) is 9.69 Å². The van der Waals surface area contributed by atoms with Crippen molar-refractivity contribution < 1.29 is 13.9 Å². The van der Waals surface area contributed by atoms with Crippen LogP contribution in [0.5, 0.6) is 5.75 Å². The number of hydrogen-bond acceptors (Lipinski definition) is 7. The lowest BCUT2D eigenvalue weighted by Gasteiger charge is -2.27. The normalized spacial score (nSPS) is 19.5. The number of H-pyrrole nitrogens is 2. The van der Waals surface area contributed by atoms with E-state index in [1.807, 2.05) is 50.2 Å². The smallest absolute Gasteiger partial charge is 0.240 e. The molecule has 4 N–H and O–H groups in total. The van der Waals surface area contributed by atoms with Crippen molar-refractivity contribution in [3.63, 3.8) is 0 Å². The van der Waals surface area contributed by atoms with Gasteiger partial charge in [0.05, 0.1) is 52.5 Å². The van der Waals surface area contributed by atoms with Gasteiger partial charge in [0.15, 0.2) is 6.73 Å². The van der Waals surface area contributed by atoms with Crippen molar-refractivity contribution in [3.05, 3.63) is 78.3 Å². The molecule has 4 aromatic heterocycles. The SMILES string of the molecule is Cc1ccc(-c2c3n(c4ccc(-c5cnc([C@@H]6CCCN6C(=O)[C@@H](N)C(C)C)[nH]5)cc24)COc2cc(-c4c[nH]c([C@@H]5CCCN5C)n4)ccc2-3)o1. The summed E-state index contributed by atoms with van der Waals surface area (Å²) in [5.74, 6) is 4.36. The number of rotatable bonds is 7. The Kier molecular flexibility index (Phi) is 7.66. The molecule has 0 spiro atoms. The number of fused-ring (bicyclic) bond motifs is 5. The van der Waals surface area contributed by atoms with Gasteiger partial charge in [-0.1, -0.05) is 26.0 Å². The first-order chi connectivity index (χ1) is 24.7. The van der Waals surface area contributed by atoms with Gasteiger partial charge in [-0.05, 0) is 88.5 Å². The highest BCUT2D eigenvalue weighted by Crippen LogP contribution is 2.48. The molecule has 51 heavy (non-hydrogen) atoms. The summed E-state index contributed by atoms with van der Waals surface area (Å²) in [7, 11) is 2.16. The van der Waals surface area contributed by atoms with Gasteiger partial charge in [-0.25, -0.2) is 9.97 Å². The molecule has 1 amide bonds.